The molecule has 0 aliphatic rings. The minimum atomic E-state index is 0.504. The van der Waals surface area contributed by atoms with E-state index in [1.165, 1.54) is 0 Å². The standard InChI is InChI=1S/C7H10N2O/c1-10-7-2-6(3-8)4-9-5-7/h2,4-5H,3,8H2,1H3. The van der Waals surface area contributed by atoms with E-state index in [0.29, 0.717) is 6.54 Å². The van der Waals surface area contributed by atoms with Gasteiger partial charge in [-0.15, -0.1) is 0 Å². The maximum absolute atomic E-state index is 5.38. The lowest BCUT2D eigenvalue weighted by Gasteiger charge is -1.99. The first-order chi connectivity index (χ1) is 4.86. The number of pyridine rings is 1. The summed E-state index contributed by atoms with van der Waals surface area (Å²) in [5.41, 5.74) is 6.36. The van der Waals surface area contributed by atoms with Gasteiger partial charge in [0, 0.05) is 12.7 Å². The van der Waals surface area contributed by atoms with Gasteiger partial charge in [0.25, 0.3) is 0 Å². The van der Waals surface area contributed by atoms with E-state index in [0.717, 1.165) is 11.3 Å². The van der Waals surface area contributed by atoms with E-state index in [9.17, 15) is 0 Å². The van der Waals surface area contributed by atoms with Crippen LogP contribution in [-0.2, 0) is 6.54 Å². The molecule has 1 aromatic heterocycles. The topological polar surface area (TPSA) is 48.1 Å². The van der Waals surface area contributed by atoms with E-state index in [2.05, 4.69) is 4.98 Å². The van der Waals surface area contributed by atoms with Crippen molar-refractivity contribution in [2.75, 3.05) is 7.11 Å². The zero-order valence-electron chi connectivity index (χ0n) is 5.87. The average Bonchev–Trinajstić information content (AvgIpc) is 2.05. The minimum Gasteiger partial charge on any atom is -0.495 e. The molecule has 0 aliphatic carbocycles. The Bertz CT molecular complexity index is 193. The predicted molar refractivity (Wildman–Crippen MR) is 38.7 cm³/mol. The quantitative estimate of drug-likeness (QED) is 0.649. The summed E-state index contributed by atoms with van der Waals surface area (Å²) in [6.07, 6.45) is 3.38. The summed E-state index contributed by atoms with van der Waals surface area (Å²) in [6, 6.07) is 1.87. The van der Waals surface area contributed by atoms with Crippen LogP contribution in [0, 0.1) is 0 Å². The van der Waals surface area contributed by atoms with Crippen LogP contribution in [0.5, 0.6) is 5.75 Å². The van der Waals surface area contributed by atoms with Crippen LogP contribution in [0.15, 0.2) is 18.5 Å². The lowest BCUT2D eigenvalue weighted by atomic mass is 10.3. The number of ether oxygens (including phenoxy) is 1. The van der Waals surface area contributed by atoms with E-state index >= 15 is 0 Å². The molecule has 0 aromatic carbocycles. The van der Waals surface area contributed by atoms with Gasteiger partial charge in [0.1, 0.15) is 5.75 Å². The minimum absolute atomic E-state index is 0.504. The molecule has 0 spiro atoms. The van der Waals surface area contributed by atoms with Crippen LogP contribution in [0.2, 0.25) is 0 Å². The number of nitrogens with two attached hydrogens (primary N) is 1. The van der Waals surface area contributed by atoms with Crippen LogP contribution in [0.25, 0.3) is 0 Å². The first-order valence-corrected chi connectivity index (χ1v) is 3.05. The van der Waals surface area contributed by atoms with Crippen LogP contribution >= 0.6 is 0 Å². The molecule has 1 rings (SSSR count). The van der Waals surface area contributed by atoms with Gasteiger partial charge >= 0.3 is 0 Å². The molecule has 1 aromatic rings. The Balaban J connectivity index is 2.87. The molecule has 0 bridgehead atoms. The van der Waals surface area contributed by atoms with Crippen molar-refractivity contribution in [3.05, 3.63) is 24.0 Å². The van der Waals surface area contributed by atoms with Crippen molar-refractivity contribution in [2.45, 2.75) is 6.54 Å². The van der Waals surface area contributed by atoms with Crippen molar-refractivity contribution >= 4 is 0 Å². The van der Waals surface area contributed by atoms with E-state index in [4.69, 9.17) is 10.5 Å². The monoisotopic (exact) mass is 138 g/mol. The Morgan fingerprint density at radius 3 is 3.00 bits per heavy atom. The van der Waals surface area contributed by atoms with Gasteiger partial charge in [-0.2, -0.15) is 0 Å². The highest BCUT2D eigenvalue weighted by Gasteiger charge is 1.91. The van der Waals surface area contributed by atoms with Gasteiger partial charge in [-0.1, -0.05) is 0 Å². The summed E-state index contributed by atoms with van der Waals surface area (Å²) in [5, 5.41) is 0. The summed E-state index contributed by atoms with van der Waals surface area (Å²) in [7, 11) is 1.61. The molecule has 3 heteroatoms. The number of rotatable bonds is 2. The van der Waals surface area contributed by atoms with Gasteiger partial charge < -0.3 is 10.5 Å². The molecule has 10 heavy (non-hydrogen) atoms. The molecule has 0 saturated heterocycles. The zero-order chi connectivity index (χ0) is 7.40. The molecule has 0 saturated carbocycles. The SMILES string of the molecule is COc1cncc(CN)c1. The van der Waals surface area contributed by atoms with Crippen molar-refractivity contribution in [1.82, 2.24) is 4.98 Å². The second-order valence-electron chi connectivity index (χ2n) is 1.94. The van der Waals surface area contributed by atoms with Crippen molar-refractivity contribution < 1.29 is 4.74 Å². The van der Waals surface area contributed by atoms with E-state index in [-0.39, 0.29) is 0 Å². The molecule has 3 nitrogen and oxygen atoms in total. The second-order valence-corrected chi connectivity index (χ2v) is 1.94. The van der Waals surface area contributed by atoms with Gasteiger partial charge in [0.15, 0.2) is 0 Å². The lowest BCUT2D eigenvalue weighted by Crippen LogP contribution is -1.97. The normalized spacial score (nSPS) is 9.40. The highest BCUT2D eigenvalue weighted by atomic mass is 16.5. The largest absolute Gasteiger partial charge is 0.495 e. The third-order valence-electron chi connectivity index (χ3n) is 1.24. The first-order valence-electron chi connectivity index (χ1n) is 3.05. The van der Waals surface area contributed by atoms with Crippen LogP contribution in [0.4, 0.5) is 0 Å². The van der Waals surface area contributed by atoms with Gasteiger partial charge in [-0.3, -0.25) is 4.98 Å². The second kappa shape index (κ2) is 3.17. The highest BCUT2D eigenvalue weighted by Crippen LogP contribution is 2.08. The van der Waals surface area contributed by atoms with Crippen LogP contribution in [0.3, 0.4) is 0 Å². The van der Waals surface area contributed by atoms with Crippen molar-refractivity contribution in [1.29, 1.82) is 0 Å². The number of methoxy groups -OCH3 is 1. The Morgan fingerprint density at radius 1 is 1.60 bits per heavy atom. The lowest BCUT2D eigenvalue weighted by molar-refractivity contribution is 0.412. The molecule has 0 unspecified atom stereocenters. The highest BCUT2D eigenvalue weighted by molar-refractivity contribution is 5.22. The summed E-state index contributed by atoms with van der Waals surface area (Å²) in [6.45, 7) is 0.504. The molecule has 0 fully saturated rings. The van der Waals surface area contributed by atoms with Crippen molar-refractivity contribution in [3.63, 3.8) is 0 Å². The van der Waals surface area contributed by atoms with Crippen LogP contribution < -0.4 is 10.5 Å². The molecule has 54 valence electrons. The van der Waals surface area contributed by atoms with Gasteiger partial charge in [-0.25, -0.2) is 0 Å². The molecule has 0 atom stereocenters. The van der Waals surface area contributed by atoms with E-state index in [1.807, 2.05) is 6.07 Å². The van der Waals surface area contributed by atoms with Gasteiger partial charge in [-0.05, 0) is 11.6 Å². The van der Waals surface area contributed by atoms with Crippen molar-refractivity contribution in [2.24, 2.45) is 5.73 Å². The van der Waals surface area contributed by atoms with Gasteiger partial charge in [0.2, 0.25) is 0 Å². The third kappa shape index (κ3) is 1.45. The third-order valence-corrected chi connectivity index (χ3v) is 1.24. The van der Waals surface area contributed by atoms with Crippen LogP contribution in [-0.4, -0.2) is 12.1 Å². The summed E-state index contributed by atoms with van der Waals surface area (Å²) in [5.74, 6) is 0.753. The molecule has 2 N–H and O–H groups in total. The molecular weight excluding hydrogens is 128 g/mol. The zero-order valence-corrected chi connectivity index (χ0v) is 5.87. The Labute approximate surface area is 59.8 Å². The molecular formula is C7H10N2O. The molecule has 0 radical (unpaired) electrons. The first kappa shape index (κ1) is 7.02. The van der Waals surface area contributed by atoms with E-state index < -0.39 is 0 Å². The van der Waals surface area contributed by atoms with Crippen molar-refractivity contribution in [3.8, 4) is 5.75 Å². The maximum atomic E-state index is 5.38. The Hall–Kier alpha value is -1.09. The fraction of sp³-hybridized carbons (Fsp3) is 0.286. The smallest absolute Gasteiger partial charge is 0.137 e. The summed E-state index contributed by atoms with van der Waals surface area (Å²) >= 11 is 0. The molecule has 1 heterocycles. The molecule has 0 aliphatic heterocycles. The van der Waals surface area contributed by atoms with Gasteiger partial charge in [0.05, 0.1) is 13.3 Å². The summed E-state index contributed by atoms with van der Waals surface area (Å²) in [4.78, 5) is 3.92. The number of hydrogen-bond donors (Lipinski definition) is 1. The average molecular weight is 138 g/mol. The van der Waals surface area contributed by atoms with Crippen LogP contribution in [0.1, 0.15) is 5.56 Å². The number of aromatic nitrogens is 1. The fourth-order valence-corrected chi connectivity index (χ4v) is 0.687. The maximum Gasteiger partial charge on any atom is 0.137 e. The molecule has 0 amide bonds. The van der Waals surface area contributed by atoms with E-state index in [1.54, 1.807) is 19.5 Å². The Morgan fingerprint density at radius 2 is 2.40 bits per heavy atom. The summed E-state index contributed by atoms with van der Waals surface area (Å²) < 4.78 is 4.94. The number of hydrogen-bond acceptors (Lipinski definition) is 3. The fourth-order valence-electron chi connectivity index (χ4n) is 0.687. The number of nitrogens with zero attached hydrogens (tertiary/aromatic N) is 1. The predicted octanol–water partition coefficient (Wildman–Crippen LogP) is 0.549. The Kier molecular flexibility index (Phi) is 2.23.